The molecule has 1 aliphatic heterocycles. The quantitative estimate of drug-likeness (QED) is 0.198. The van der Waals surface area contributed by atoms with Gasteiger partial charge in [0.1, 0.15) is 11.8 Å². The van der Waals surface area contributed by atoms with Crippen LogP contribution in [0.25, 0.3) is 0 Å². The van der Waals surface area contributed by atoms with Crippen molar-refractivity contribution in [1.29, 1.82) is 0 Å². The van der Waals surface area contributed by atoms with E-state index in [4.69, 9.17) is 14.3 Å². The lowest BCUT2D eigenvalue weighted by Crippen LogP contribution is -2.59. The number of nitrogens with zero attached hydrogens (tertiary/aromatic N) is 1. The van der Waals surface area contributed by atoms with Gasteiger partial charge in [0, 0.05) is 28.7 Å². The molecule has 0 spiro atoms. The van der Waals surface area contributed by atoms with Gasteiger partial charge in [-0.3, -0.25) is 9.59 Å². The van der Waals surface area contributed by atoms with Crippen molar-refractivity contribution in [1.82, 2.24) is 20.9 Å². The van der Waals surface area contributed by atoms with Crippen LogP contribution in [0.15, 0.2) is 78.9 Å². The van der Waals surface area contributed by atoms with Crippen LogP contribution in [0.3, 0.4) is 0 Å². The van der Waals surface area contributed by atoms with Crippen molar-refractivity contribution in [3.05, 3.63) is 101 Å². The first-order valence-corrected chi connectivity index (χ1v) is 15.4. The van der Waals surface area contributed by atoms with Crippen molar-refractivity contribution < 1.29 is 35.2 Å². The van der Waals surface area contributed by atoms with Crippen molar-refractivity contribution in [3.8, 4) is 5.75 Å². The molecule has 3 aromatic rings. The zero-order valence-electron chi connectivity index (χ0n) is 34.2. The molecule has 9 heteroatoms. The van der Waals surface area contributed by atoms with Crippen LogP contribution in [0.4, 0.5) is 4.79 Å². The van der Waals surface area contributed by atoms with Crippen molar-refractivity contribution in [2.24, 2.45) is 5.89 Å². The highest BCUT2D eigenvalue weighted by Gasteiger charge is 2.35. The van der Waals surface area contributed by atoms with Crippen LogP contribution >= 0.6 is 0 Å². The molecule has 4 rings (SSSR count). The Kier molecular flexibility index (Phi) is 9.06. The summed E-state index contributed by atoms with van der Waals surface area (Å²) in [5.41, 5.74) is 3.11. The number of para-hydroxylation sites is 1. The first-order valence-electron chi connectivity index (χ1n) is 19.4. The number of aliphatic hydroxyl groups is 1. The van der Waals surface area contributed by atoms with E-state index >= 15 is 0 Å². The van der Waals surface area contributed by atoms with Gasteiger partial charge in [0.15, 0.2) is 6.61 Å². The third kappa shape index (κ3) is 9.81. The lowest BCUT2D eigenvalue weighted by molar-refractivity contribution is -0.128. The molecule has 0 unspecified atom stereocenters. The first kappa shape index (κ1) is 24.8. The number of carbonyl (C=O) groups excluding carboxylic acids is 3. The molecule has 3 aromatic carbocycles. The molecule has 9 nitrogen and oxygen atoms in total. The molecule has 1 aliphatic rings. The van der Waals surface area contributed by atoms with Gasteiger partial charge in [-0.05, 0) is 67.7 Å². The number of amides is 4. The molecule has 1 heterocycles. The van der Waals surface area contributed by atoms with Crippen LogP contribution in [-0.4, -0.2) is 71.8 Å². The average molecular weight is 637 g/mol. The minimum absolute atomic E-state index is 0.0140. The Labute approximate surface area is 284 Å². The summed E-state index contributed by atoms with van der Waals surface area (Å²) in [6.45, 7) is -4.37. The van der Waals surface area contributed by atoms with E-state index in [-0.39, 0.29) is 45.4 Å². The van der Waals surface area contributed by atoms with E-state index in [1.807, 2.05) is 50.2 Å². The highest BCUT2D eigenvalue weighted by molar-refractivity contribution is 5.87. The average Bonchev–Trinajstić information content (AvgIpc) is 3.10. The van der Waals surface area contributed by atoms with Gasteiger partial charge in [0.05, 0.1) is 13.5 Å². The molecule has 0 aromatic heterocycles. The normalized spacial score (nSPS) is 19.8. The summed E-state index contributed by atoms with van der Waals surface area (Å²) >= 11 is 0. The fourth-order valence-electron chi connectivity index (χ4n) is 5.58. The zero-order chi connectivity index (χ0) is 39.9. The molecule has 246 valence electrons. The molecule has 4 atom stereocenters. The van der Waals surface area contributed by atoms with E-state index in [0.29, 0.717) is 16.2 Å². The predicted molar refractivity (Wildman–Crippen MR) is 180 cm³/mol. The molecule has 0 bridgehead atoms. The third-order valence-corrected chi connectivity index (χ3v) is 7.85. The van der Waals surface area contributed by atoms with Crippen LogP contribution in [0.5, 0.6) is 5.75 Å². The van der Waals surface area contributed by atoms with Crippen molar-refractivity contribution in [3.63, 3.8) is 0 Å². The Hall–Kier alpha value is -4.37. The topological polar surface area (TPSA) is 120 Å². The van der Waals surface area contributed by atoms with Crippen LogP contribution in [0.2, 0.25) is 0 Å². The second-order valence-corrected chi connectivity index (χ2v) is 11.5. The van der Waals surface area contributed by atoms with Crippen molar-refractivity contribution in [2.45, 2.75) is 77.4 Å². The summed E-state index contributed by atoms with van der Waals surface area (Å²) in [5, 5.41) is 19.7. The van der Waals surface area contributed by atoms with Gasteiger partial charge in [-0.15, -0.1) is 0 Å². The maximum atomic E-state index is 14.4. The minimum Gasteiger partial charge on any atom is -0.483 e. The number of hydrogen-bond donors (Lipinski definition) is 4. The van der Waals surface area contributed by atoms with E-state index in [1.165, 1.54) is 0 Å². The van der Waals surface area contributed by atoms with E-state index in [9.17, 15) is 20.9 Å². The second kappa shape index (κ2) is 16.8. The molecular weight excluding hydrogens is 580 g/mol. The third-order valence-electron chi connectivity index (χ3n) is 7.85. The van der Waals surface area contributed by atoms with Gasteiger partial charge < -0.3 is 30.7 Å². The fourth-order valence-corrected chi connectivity index (χ4v) is 5.58. The van der Waals surface area contributed by atoms with E-state index in [1.54, 1.807) is 42.5 Å². The van der Waals surface area contributed by atoms with Crippen molar-refractivity contribution in [2.75, 3.05) is 19.7 Å². The number of hydrogen-bond acceptors (Lipinski definition) is 5. The Morgan fingerprint density at radius 1 is 0.957 bits per heavy atom. The number of ether oxygens (including phenoxy) is 1. The van der Waals surface area contributed by atoms with Gasteiger partial charge >= 0.3 is 6.03 Å². The SMILES string of the molecule is [2H]C([2H])([2H])C([2H])(C([2H])([2H])[2H])[C@]([2H])(C(=O)N[C@@H](Cc1ccccc1)C[C@H](O)[C@H](Cc1ccccc1)NC(=O)COc1c(C)cccc1C)N1CCCNC1=O. The number of benzene rings is 3. The van der Waals surface area contributed by atoms with E-state index < -0.39 is 61.6 Å². The van der Waals surface area contributed by atoms with Gasteiger partial charge in [-0.1, -0.05) is 92.6 Å². The molecule has 1 saturated heterocycles. The monoisotopic (exact) mass is 636 g/mol. The minimum atomic E-state index is -3.80. The highest BCUT2D eigenvalue weighted by Crippen LogP contribution is 2.22. The van der Waals surface area contributed by atoms with Gasteiger partial charge in [-0.25, -0.2) is 4.79 Å². The Morgan fingerprint density at radius 2 is 1.59 bits per heavy atom. The Bertz CT molecular complexity index is 1710. The number of aryl methyl sites for hydroxylation is 2. The molecule has 1 fully saturated rings. The number of carbonyl (C=O) groups is 3. The molecule has 4 amide bonds. The predicted octanol–water partition coefficient (Wildman–Crippen LogP) is 4.33. The van der Waals surface area contributed by atoms with Gasteiger partial charge in [0.2, 0.25) is 5.91 Å². The van der Waals surface area contributed by atoms with Crippen LogP contribution in [-0.2, 0) is 22.4 Å². The highest BCUT2D eigenvalue weighted by atomic mass is 16.5. The number of rotatable bonds is 15. The maximum Gasteiger partial charge on any atom is 0.318 e. The number of aliphatic hydroxyl groups excluding tert-OH is 1. The fraction of sp³-hybridized carbons (Fsp3) is 0.432. The Morgan fingerprint density at radius 3 is 2.20 bits per heavy atom. The molecule has 0 saturated carbocycles. The molecule has 4 N–H and O–H groups in total. The zero-order valence-corrected chi connectivity index (χ0v) is 26.2. The summed E-state index contributed by atoms with van der Waals surface area (Å²) in [7, 11) is 0. The van der Waals surface area contributed by atoms with Crippen LogP contribution < -0.4 is 20.7 Å². The van der Waals surface area contributed by atoms with E-state index in [2.05, 4.69) is 16.0 Å². The summed E-state index contributed by atoms with van der Waals surface area (Å²) in [6.07, 6.45) is -1.32. The molecular formula is C37H48N4O5. The molecule has 0 radical (unpaired) electrons. The lowest BCUT2D eigenvalue weighted by atomic mass is 9.92. The van der Waals surface area contributed by atoms with Crippen LogP contribution in [0, 0.1) is 19.7 Å². The lowest BCUT2D eigenvalue weighted by Gasteiger charge is -2.37. The molecule has 0 aliphatic carbocycles. The first-order chi connectivity index (χ1) is 25.3. The van der Waals surface area contributed by atoms with E-state index in [0.717, 1.165) is 16.7 Å². The summed E-state index contributed by atoms with van der Waals surface area (Å²) in [5.74, 6) is -5.29. The summed E-state index contributed by atoms with van der Waals surface area (Å²) in [4.78, 5) is 41.4. The summed E-state index contributed by atoms with van der Waals surface area (Å²) in [6, 6.07) is 16.8. The smallest absolute Gasteiger partial charge is 0.318 e. The second-order valence-electron chi connectivity index (χ2n) is 11.5. The van der Waals surface area contributed by atoms with Gasteiger partial charge in [0.25, 0.3) is 5.91 Å². The number of nitrogens with one attached hydrogen (secondary N) is 3. The summed E-state index contributed by atoms with van der Waals surface area (Å²) < 4.78 is 72.9. The van der Waals surface area contributed by atoms with Crippen molar-refractivity contribution >= 4 is 17.8 Å². The van der Waals surface area contributed by atoms with Crippen LogP contribution in [0.1, 0.15) is 59.8 Å². The maximum absolute atomic E-state index is 14.4. The number of urea groups is 1. The largest absolute Gasteiger partial charge is 0.483 e. The standard InChI is InChI=1S/C37H48N4O5/c1-25(2)34(41-20-12-19-38-37(41)45)36(44)39-30(21-28-15-7-5-8-16-28)23-32(42)31(22-29-17-9-6-10-18-29)40-33(43)24-46-35-26(3)13-11-14-27(35)4/h5-11,13-18,25,30-32,34,42H,12,19-24H2,1-4H3,(H,38,45)(H,39,44)(H,40,43)/t30-,31-,32-,34+/m0/s1/i1D3,2D3,25D,34D. The Balaban J connectivity index is 1.69. The van der Waals surface area contributed by atoms with Gasteiger partial charge in [-0.2, -0.15) is 0 Å². The molecule has 46 heavy (non-hydrogen) atoms.